The normalized spacial score (nSPS) is 23.0. The minimum Gasteiger partial charge on any atom is -0.369 e. The molecule has 1 aromatic heterocycles. The number of nitrogens with two attached hydrogens (primary N) is 1. The van der Waals surface area contributed by atoms with Crippen LogP contribution in [-0.4, -0.2) is 49.0 Å². The molecule has 3 heterocycles. The molecule has 1 unspecified atom stereocenters. The van der Waals surface area contributed by atoms with Crippen molar-refractivity contribution in [3.63, 3.8) is 0 Å². The van der Waals surface area contributed by atoms with E-state index in [1.807, 2.05) is 11.0 Å². The first-order valence-corrected chi connectivity index (χ1v) is 10.7. The maximum Gasteiger partial charge on any atom is 0.261 e. The van der Waals surface area contributed by atoms with Gasteiger partial charge in [-0.1, -0.05) is 12.2 Å². The van der Waals surface area contributed by atoms with Crippen molar-refractivity contribution in [2.24, 2.45) is 5.73 Å². The number of likely N-dealkylation sites (tertiary alicyclic amines) is 1. The summed E-state index contributed by atoms with van der Waals surface area (Å²) >= 11 is 1.56. The standard InChI is InChI=1S/C20H27N3O3S.ClH/c21-13-17(24)23-9-7-20(8-10-23)18-14(6-11-26-20)12-16(27-18)19(25)22-15-4-2-1-3-5-15;/h2,4,12,15H,1,3,5-11,13,21H2,(H,22,25);1H. The molecule has 154 valence electrons. The summed E-state index contributed by atoms with van der Waals surface area (Å²) < 4.78 is 6.24. The summed E-state index contributed by atoms with van der Waals surface area (Å²) in [5, 5.41) is 3.14. The van der Waals surface area contributed by atoms with E-state index >= 15 is 0 Å². The van der Waals surface area contributed by atoms with Gasteiger partial charge in [0.1, 0.15) is 5.60 Å². The van der Waals surface area contributed by atoms with Crippen molar-refractivity contribution in [1.82, 2.24) is 10.2 Å². The largest absolute Gasteiger partial charge is 0.369 e. The third-order valence-corrected chi connectivity index (χ3v) is 7.23. The maximum absolute atomic E-state index is 12.7. The number of piperidine rings is 1. The Balaban J connectivity index is 0.00000225. The van der Waals surface area contributed by atoms with Gasteiger partial charge in [0.05, 0.1) is 18.0 Å². The fraction of sp³-hybridized carbons (Fsp3) is 0.600. The Hall–Kier alpha value is -1.41. The first kappa shape index (κ1) is 21.3. The van der Waals surface area contributed by atoms with Gasteiger partial charge < -0.3 is 20.7 Å². The molecule has 1 aromatic rings. The molecule has 4 rings (SSSR count). The zero-order valence-electron chi connectivity index (χ0n) is 15.9. The average molecular weight is 426 g/mol. The first-order chi connectivity index (χ1) is 13.1. The molecular formula is C20H28ClN3O3S. The number of nitrogens with zero attached hydrogens (tertiary/aromatic N) is 1. The highest BCUT2D eigenvalue weighted by Crippen LogP contribution is 2.45. The molecule has 0 bridgehead atoms. The van der Waals surface area contributed by atoms with Gasteiger partial charge in [-0.25, -0.2) is 0 Å². The first-order valence-electron chi connectivity index (χ1n) is 9.84. The summed E-state index contributed by atoms with van der Waals surface area (Å²) in [5.41, 5.74) is 6.37. The van der Waals surface area contributed by atoms with Crippen LogP contribution in [0.1, 0.15) is 52.2 Å². The number of nitrogens with one attached hydrogen (secondary N) is 1. The molecule has 8 heteroatoms. The Morgan fingerprint density at radius 2 is 2.14 bits per heavy atom. The number of allylic oxidation sites excluding steroid dienone is 1. The fourth-order valence-corrected chi connectivity index (χ4v) is 5.64. The number of hydrogen-bond donors (Lipinski definition) is 2. The number of hydrogen-bond acceptors (Lipinski definition) is 5. The van der Waals surface area contributed by atoms with Crippen LogP contribution in [0.2, 0.25) is 0 Å². The van der Waals surface area contributed by atoms with Gasteiger partial charge in [0, 0.05) is 24.0 Å². The summed E-state index contributed by atoms with van der Waals surface area (Å²) in [6.07, 6.45) is 9.84. The van der Waals surface area contributed by atoms with Crippen molar-refractivity contribution in [3.8, 4) is 0 Å². The molecule has 2 amide bonds. The highest BCUT2D eigenvalue weighted by molar-refractivity contribution is 7.14. The SMILES string of the molecule is Cl.NCC(=O)N1CCC2(CC1)OCCc1cc(C(=O)NC3C=CCCC3)sc12. The monoisotopic (exact) mass is 425 g/mol. The van der Waals surface area contributed by atoms with Crippen LogP contribution in [0.5, 0.6) is 0 Å². The van der Waals surface area contributed by atoms with Crippen LogP contribution in [0.3, 0.4) is 0 Å². The van der Waals surface area contributed by atoms with E-state index in [0.717, 1.165) is 43.4 Å². The molecule has 1 aliphatic carbocycles. The molecule has 1 fully saturated rings. The van der Waals surface area contributed by atoms with Crippen LogP contribution < -0.4 is 11.1 Å². The second-order valence-electron chi connectivity index (χ2n) is 7.58. The number of halogens is 1. The second kappa shape index (κ2) is 8.95. The third-order valence-electron chi connectivity index (χ3n) is 5.87. The molecule has 3 aliphatic rings. The number of carbonyl (C=O) groups excluding carboxylic acids is 2. The molecule has 0 saturated carbocycles. The molecule has 6 nitrogen and oxygen atoms in total. The van der Waals surface area contributed by atoms with Gasteiger partial charge in [-0.2, -0.15) is 0 Å². The van der Waals surface area contributed by atoms with Gasteiger partial charge in [0.25, 0.3) is 5.91 Å². The summed E-state index contributed by atoms with van der Waals surface area (Å²) in [4.78, 5) is 28.4. The lowest BCUT2D eigenvalue weighted by molar-refractivity contribution is -0.138. The number of carbonyl (C=O) groups is 2. The van der Waals surface area contributed by atoms with Crippen LogP contribution in [0.25, 0.3) is 0 Å². The summed E-state index contributed by atoms with van der Waals surface area (Å²) in [7, 11) is 0. The van der Waals surface area contributed by atoms with Gasteiger partial charge in [-0.15, -0.1) is 23.7 Å². The maximum atomic E-state index is 12.7. The number of rotatable bonds is 3. The van der Waals surface area contributed by atoms with E-state index < -0.39 is 0 Å². The van der Waals surface area contributed by atoms with Crippen molar-refractivity contribution in [2.75, 3.05) is 26.2 Å². The summed E-state index contributed by atoms with van der Waals surface area (Å²) in [6, 6.07) is 2.19. The van der Waals surface area contributed by atoms with Crippen molar-refractivity contribution >= 4 is 35.6 Å². The van der Waals surface area contributed by atoms with E-state index in [0.29, 0.717) is 19.7 Å². The van der Waals surface area contributed by atoms with Crippen LogP contribution in [0, 0.1) is 0 Å². The van der Waals surface area contributed by atoms with Crippen molar-refractivity contribution < 1.29 is 14.3 Å². The molecule has 0 aromatic carbocycles. The molecular weight excluding hydrogens is 398 g/mol. The Labute approximate surface area is 175 Å². The molecule has 1 spiro atoms. The summed E-state index contributed by atoms with van der Waals surface area (Å²) in [5.74, 6) is 0.00418. The Morgan fingerprint density at radius 3 is 2.82 bits per heavy atom. The lowest BCUT2D eigenvalue weighted by Crippen LogP contribution is -2.49. The average Bonchev–Trinajstić information content (AvgIpc) is 3.15. The third kappa shape index (κ3) is 4.13. The van der Waals surface area contributed by atoms with Crippen molar-refractivity contribution in [2.45, 2.75) is 50.2 Å². The molecule has 28 heavy (non-hydrogen) atoms. The van der Waals surface area contributed by atoms with Crippen LogP contribution in [0.15, 0.2) is 18.2 Å². The number of ether oxygens (including phenoxy) is 1. The highest BCUT2D eigenvalue weighted by Gasteiger charge is 2.43. The Morgan fingerprint density at radius 1 is 1.36 bits per heavy atom. The molecule has 1 atom stereocenters. The second-order valence-corrected chi connectivity index (χ2v) is 8.63. The van der Waals surface area contributed by atoms with E-state index in [2.05, 4.69) is 17.5 Å². The smallest absolute Gasteiger partial charge is 0.261 e. The number of thiophene rings is 1. The van der Waals surface area contributed by atoms with Gasteiger partial charge in [0.15, 0.2) is 0 Å². The minimum atomic E-state index is -0.354. The van der Waals surface area contributed by atoms with Crippen LogP contribution in [-0.2, 0) is 21.6 Å². The summed E-state index contributed by atoms with van der Waals surface area (Å²) in [6.45, 7) is 2.03. The minimum absolute atomic E-state index is 0. The highest BCUT2D eigenvalue weighted by atomic mass is 35.5. The number of fused-ring (bicyclic) bond motifs is 2. The molecule has 2 aliphatic heterocycles. The predicted molar refractivity (Wildman–Crippen MR) is 112 cm³/mol. The van der Waals surface area contributed by atoms with Gasteiger partial charge in [-0.3, -0.25) is 9.59 Å². The van der Waals surface area contributed by atoms with E-state index in [1.165, 1.54) is 10.4 Å². The lowest BCUT2D eigenvalue weighted by atomic mass is 9.85. The van der Waals surface area contributed by atoms with Crippen LogP contribution in [0.4, 0.5) is 0 Å². The lowest BCUT2D eigenvalue weighted by Gasteiger charge is -2.43. The Kier molecular flexibility index (Phi) is 6.81. The molecule has 3 N–H and O–H groups in total. The quantitative estimate of drug-likeness (QED) is 0.728. The van der Waals surface area contributed by atoms with E-state index in [-0.39, 0.29) is 42.4 Å². The van der Waals surface area contributed by atoms with Crippen molar-refractivity contribution in [1.29, 1.82) is 0 Å². The molecule has 1 saturated heterocycles. The van der Waals surface area contributed by atoms with Crippen LogP contribution >= 0.6 is 23.7 Å². The Bertz CT molecular complexity index is 756. The molecule has 0 radical (unpaired) electrons. The zero-order valence-corrected chi connectivity index (χ0v) is 17.6. The van der Waals surface area contributed by atoms with E-state index in [1.54, 1.807) is 11.3 Å². The van der Waals surface area contributed by atoms with Gasteiger partial charge in [0.2, 0.25) is 5.91 Å². The van der Waals surface area contributed by atoms with E-state index in [9.17, 15) is 9.59 Å². The van der Waals surface area contributed by atoms with Gasteiger partial charge >= 0.3 is 0 Å². The van der Waals surface area contributed by atoms with Crippen molar-refractivity contribution in [3.05, 3.63) is 33.5 Å². The number of amides is 2. The topological polar surface area (TPSA) is 84.7 Å². The van der Waals surface area contributed by atoms with E-state index in [4.69, 9.17) is 10.5 Å². The zero-order chi connectivity index (χ0) is 18.9. The fourth-order valence-electron chi connectivity index (χ4n) is 4.32. The predicted octanol–water partition coefficient (Wildman–Crippen LogP) is 2.36. The van der Waals surface area contributed by atoms with Gasteiger partial charge in [-0.05, 0) is 50.2 Å².